The normalized spacial score (nSPS) is 12.2. The van der Waals surface area contributed by atoms with E-state index in [0.29, 0.717) is 16.3 Å². The van der Waals surface area contributed by atoms with Crippen LogP contribution >= 0.6 is 11.6 Å². The molecule has 0 bridgehead atoms. The number of ether oxygens (including phenoxy) is 2. The van der Waals surface area contributed by atoms with Crippen LogP contribution in [0.15, 0.2) is 18.2 Å². The van der Waals surface area contributed by atoms with E-state index in [4.69, 9.17) is 26.3 Å². The molecule has 0 aliphatic heterocycles. The number of hydrogen-bond donors (Lipinski definition) is 1. The van der Waals surface area contributed by atoms with E-state index in [2.05, 4.69) is 0 Å². The van der Waals surface area contributed by atoms with Gasteiger partial charge < -0.3 is 14.6 Å². The van der Waals surface area contributed by atoms with Crippen LogP contribution in [0.1, 0.15) is 19.4 Å². The van der Waals surface area contributed by atoms with Crippen molar-refractivity contribution in [3.05, 3.63) is 28.8 Å². The van der Waals surface area contributed by atoms with Crippen molar-refractivity contribution >= 4 is 11.6 Å². The smallest absolute Gasteiger partial charge is 0.138 e. The summed E-state index contributed by atoms with van der Waals surface area (Å²) in [7, 11) is 0. The van der Waals surface area contributed by atoms with E-state index < -0.39 is 6.10 Å². The lowest BCUT2D eigenvalue weighted by Crippen LogP contribution is -2.25. The van der Waals surface area contributed by atoms with Crippen molar-refractivity contribution in [3.63, 3.8) is 0 Å². The van der Waals surface area contributed by atoms with Gasteiger partial charge in [-0.3, -0.25) is 0 Å². The van der Waals surface area contributed by atoms with Crippen LogP contribution in [0.3, 0.4) is 0 Å². The fourth-order valence-corrected chi connectivity index (χ4v) is 1.41. The van der Waals surface area contributed by atoms with E-state index in [9.17, 15) is 5.11 Å². The van der Waals surface area contributed by atoms with E-state index in [1.54, 1.807) is 18.2 Å². The molecular formula is C13H16ClNO3. The van der Waals surface area contributed by atoms with E-state index in [1.807, 2.05) is 19.9 Å². The average Bonchev–Trinajstić information content (AvgIpc) is 2.34. The molecule has 0 aliphatic carbocycles. The third kappa shape index (κ3) is 4.92. The van der Waals surface area contributed by atoms with Gasteiger partial charge in [-0.25, -0.2) is 0 Å². The van der Waals surface area contributed by atoms with Crippen molar-refractivity contribution in [1.82, 2.24) is 0 Å². The number of halogens is 1. The van der Waals surface area contributed by atoms with Crippen LogP contribution in [0, 0.1) is 11.3 Å². The fraction of sp³-hybridized carbons (Fsp3) is 0.462. The summed E-state index contributed by atoms with van der Waals surface area (Å²) in [5, 5.41) is 19.0. The van der Waals surface area contributed by atoms with Crippen molar-refractivity contribution in [2.75, 3.05) is 13.2 Å². The van der Waals surface area contributed by atoms with Crippen molar-refractivity contribution in [2.45, 2.75) is 26.1 Å². The van der Waals surface area contributed by atoms with Gasteiger partial charge in [-0.2, -0.15) is 5.26 Å². The van der Waals surface area contributed by atoms with Gasteiger partial charge in [0.15, 0.2) is 0 Å². The molecule has 0 saturated carbocycles. The second-order valence-electron chi connectivity index (χ2n) is 4.10. The Morgan fingerprint density at radius 1 is 1.39 bits per heavy atom. The molecule has 98 valence electrons. The average molecular weight is 270 g/mol. The summed E-state index contributed by atoms with van der Waals surface area (Å²) >= 11 is 5.82. The molecule has 1 atom stereocenters. The van der Waals surface area contributed by atoms with Gasteiger partial charge in [0, 0.05) is 11.1 Å². The van der Waals surface area contributed by atoms with Gasteiger partial charge in [-0.05, 0) is 26.0 Å². The van der Waals surface area contributed by atoms with E-state index in [1.165, 1.54) is 0 Å². The summed E-state index contributed by atoms with van der Waals surface area (Å²) in [6, 6.07) is 6.75. The molecule has 1 rings (SSSR count). The van der Waals surface area contributed by atoms with E-state index in [0.717, 1.165) is 0 Å². The molecule has 0 amide bonds. The van der Waals surface area contributed by atoms with Gasteiger partial charge in [0.25, 0.3) is 0 Å². The standard InChI is InChI=1S/C13H16ClNO3/c1-9(2)17-7-12(16)8-18-13-5-11(14)4-3-10(13)6-15/h3-5,9,12,16H,7-8H2,1-2H3. The number of hydrogen-bond acceptors (Lipinski definition) is 4. The van der Waals surface area contributed by atoms with Crippen LogP contribution in [-0.4, -0.2) is 30.5 Å². The Morgan fingerprint density at radius 3 is 2.72 bits per heavy atom. The second kappa shape index (κ2) is 7.22. The Kier molecular flexibility index (Phi) is 5.93. The lowest BCUT2D eigenvalue weighted by atomic mass is 10.2. The SMILES string of the molecule is CC(C)OCC(O)COc1cc(Cl)ccc1C#N. The molecule has 18 heavy (non-hydrogen) atoms. The van der Waals surface area contributed by atoms with E-state index >= 15 is 0 Å². The molecule has 0 radical (unpaired) electrons. The molecular weight excluding hydrogens is 254 g/mol. The maximum absolute atomic E-state index is 9.63. The predicted octanol–water partition coefficient (Wildman–Crippen LogP) is 2.38. The van der Waals surface area contributed by atoms with Gasteiger partial charge in [0.1, 0.15) is 24.5 Å². The number of aliphatic hydroxyl groups is 1. The van der Waals surface area contributed by atoms with Crippen LogP contribution in [0.2, 0.25) is 5.02 Å². The Bertz CT molecular complexity index is 429. The Balaban J connectivity index is 2.53. The van der Waals surface area contributed by atoms with Crippen LogP contribution in [-0.2, 0) is 4.74 Å². The molecule has 0 fully saturated rings. The number of rotatable bonds is 6. The number of nitriles is 1. The molecule has 0 saturated heterocycles. The molecule has 0 spiro atoms. The highest BCUT2D eigenvalue weighted by molar-refractivity contribution is 6.30. The molecule has 1 aromatic rings. The molecule has 4 nitrogen and oxygen atoms in total. The summed E-state index contributed by atoms with van der Waals surface area (Å²) < 4.78 is 10.6. The molecule has 1 unspecified atom stereocenters. The molecule has 1 aromatic carbocycles. The number of benzene rings is 1. The molecule has 5 heteroatoms. The highest BCUT2D eigenvalue weighted by Gasteiger charge is 2.09. The maximum Gasteiger partial charge on any atom is 0.138 e. The minimum Gasteiger partial charge on any atom is -0.489 e. The van der Waals surface area contributed by atoms with Crippen LogP contribution in [0.5, 0.6) is 5.75 Å². The van der Waals surface area contributed by atoms with Crippen molar-refractivity contribution in [3.8, 4) is 11.8 Å². The summed E-state index contributed by atoms with van der Waals surface area (Å²) in [5.41, 5.74) is 0.386. The summed E-state index contributed by atoms with van der Waals surface area (Å²) in [5.74, 6) is 0.369. The monoisotopic (exact) mass is 269 g/mol. The quantitative estimate of drug-likeness (QED) is 0.861. The lowest BCUT2D eigenvalue weighted by molar-refractivity contribution is -0.0123. The van der Waals surface area contributed by atoms with E-state index in [-0.39, 0.29) is 19.3 Å². The largest absolute Gasteiger partial charge is 0.489 e. The van der Waals surface area contributed by atoms with Crippen molar-refractivity contribution < 1.29 is 14.6 Å². The number of nitrogens with zero attached hydrogens (tertiary/aromatic N) is 1. The number of aliphatic hydroxyl groups excluding tert-OH is 1. The maximum atomic E-state index is 9.63. The first kappa shape index (κ1) is 14.8. The Morgan fingerprint density at radius 2 is 2.11 bits per heavy atom. The first-order chi connectivity index (χ1) is 8.52. The van der Waals surface area contributed by atoms with Gasteiger partial charge in [-0.1, -0.05) is 11.6 Å². The van der Waals surface area contributed by atoms with Crippen molar-refractivity contribution in [1.29, 1.82) is 5.26 Å². The van der Waals surface area contributed by atoms with Crippen LogP contribution < -0.4 is 4.74 Å². The minimum atomic E-state index is -0.738. The Hall–Kier alpha value is -1.28. The second-order valence-corrected chi connectivity index (χ2v) is 4.54. The third-order valence-electron chi connectivity index (χ3n) is 2.12. The first-order valence-corrected chi connectivity index (χ1v) is 6.03. The van der Waals surface area contributed by atoms with Gasteiger partial charge >= 0.3 is 0 Å². The summed E-state index contributed by atoms with van der Waals surface area (Å²) in [6.07, 6.45) is -0.682. The summed E-state index contributed by atoms with van der Waals surface area (Å²) in [6.45, 7) is 4.03. The topological polar surface area (TPSA) is 62.5 Å². The molecule has 0 aromatic heterocycles. The van der Waals surface area contributed by atoms with Crippen molar-refractivity contribution in [2.24, 2.45) is 0 Å². The first-order valence-electron chi connectivity index (χ1n) is 5.65. The highest BCUT2D eigenvalue weighted by Crippen LogP contribution is 2.22. The molecule has 0 heterocycles. The zero-order chi connectivity index (χ0) is 13.5. The zero-order valence-corrected chi connectivity index (χ0v) is 11.1. The van der Waals surface area contributed by atoms with Gasteiger partial charge in [0.05, 0.1) is 18.3 Å². The van der Waals surface area contributed by atoms with Gasteiger partial charge in [-0.15, -0.1) is 0 Å². The lowest BCUT2D eigenvalue weighted by Gasteiger charge is -2.15. The van der Waals surface area contributed by atoms with Gasteiger partial charge in [0.2, 0.25) is 0 Å². The predicted molar refractivity (Wildman–Crippen MR) is 68.8 cm³/mol. The minimum absolute atomic E-state index is 0.0560. The summed E-state index contributed by atoms with van der Waals surface area (Å²) in [4.78, 5) is 0. The Labute approximate surface area is 112 Å². The van der Waals surface area contributed by atoms with Crippen LogP contribution in [0.4, 0.5) is 0 Å². The third-order valence-corrected chi connectivity index (χ3v) is 2.35. The molecule has 0 aliphatic rings. The fourth-order valence-electron chi connectivity index (χ4n) is 1.25. The highest BCUT2D eigenvalue weighted by atomic mass is 35.5. The zero-order valence-electron chi connectivity index (χ0n) is 10.4. The van der Waals surface area contributed by atoms with Crippen LogP contribution in [0.25, 0.3) is 0 Å². The molecule has 1 N–H and O–H groups in total.